The lowest BCUT2D eigenvalue weighted by Gasteiger charge is -2.22. The van der Waals surface area contributed by atoms with Crippen LogP contribution in [0.1, 0.15) is 12.8 Å². The maximum atomic E-state index is 12.7. The smallest absolute Gasteiger partial charge is 0.299 e. The predicted molar refractivity (Wildman–Crippen MR) is 101 cm³/mol. The number of sulfonamides is 1. The number of primary sulfonamides is 1. The Bertz CT molecular complexity index is 1060. The monoisotopic (exact) mass is 386 g/mol. The molecule has 1 aliphatic heterocycles. The molecule has 1 atom stereocenters. The van der Waals surface area contributed by atoms with Crippen LogP contribution in [0.2, 0.25) is 0 Å². The van der Waals surface area contributed by atoms with Crippen molar-refractivity contribution >= 4 is 38.7 Å². The molecule has 0 bridgehead atoms. The number of fused-ring (bicyclic) bond motifs is 1. The molecule has 2 heterocycles. The lowest BCUT2D eigenvalue weighted by atomic mass is 10.2. The van der Waals surface area contributed by atoms with Gasteiger partial charge in [0.1, 0.15) is 11.6 Å². The van der Waals surface area contributed by atoms with Crippen LogP contribution in [0.25, 0.3) is 11.1 Å². The van der Waals surface area contributed by atoms with E-state index in [1.54, 1.807) is 0 Å². The van der Waals surface area contributed by atoms with Crippen LogP contribution in [-0.4, -0.2) is 31.9 Å². The van der Waals surface area contributed by atoms with Crippen molar-refractivity contribution in [3.05, 3.63) is 48.5 Å². The van der Waals surface area contributed by atoms with Gasteiger partial charge < -0.3 is 14.6 Å². The molecule has 3 aromatic rings. The number of oxazole rings is 1. The summed E-state index contributed by atoms with van der Waals surface area (Å²) in [5.74, 6) is -0.196. The van der Waals surface area contributed by atoms with E-state index < -0.39 is 16.1 Å². The number of hydrogen-bond acceptors (Lipinski definition) is 6. The summed E-state index contributed by atoms with van der Waals surface area (Å²) in [5, 5.41) is 7.89. The molecule has 1 aromatic heterocycles. The van der Waals surface area contributed by atoms with Gasteiger partial charge in [0.25, 0.3) is 6.01 Å². The van der Waals surface area contributed by atoms with Gasteiger partial charge in [-0.2, -0.15) is 4.98 Å². The van der Waals surface area contributed by atoms with Crippen LogP contribution in [0, 0.1) is 0 Å². The van der Waals surface area contributed by atoms with Crippen molar-refractivity contribution < 1.29 is 17.6 Å². The van der Waals surface area contributed by atoms with E-state index in [2.05, 4.69) is 10.3 Å². The Kier molecular flexibility index (Phi) is 4.33. The Morgan fingerprint density at radius 2 is 1.93 bits per heavy atom. The van der Waals surface area contributed by atoms with Crippen LogP contribution < -0.4 is 15.4 Å². The quantitative estimate of drug-likeness (QED) is 0.709. The standard InChI is InChI=1S/C18H18N4O4S/c19-27(24,25)13-9-7-12(8-10-13)20-17(23)15-5-3-11-22(15)18-21-14-4-1-2-6-16(14)26-18/h1-2,4,6-10,15H,3,5,11H2,(H,20,23)(H2,19,24,25). The topological polar surface area (TPSA) is 119 Å². The Hall–Kier alpha value is -2.91. The van der Waals surface area contributed by atoms with Crippen LogP contribution in [0.4, 0.5) is 11.7 Å². The van der Waals surface area contributed by atoms with Gasteiger partial charge >= 0.3 is 0 Å². The fourth-order valence-corrected chi connectivity index (χ4v) is 3.72. The minimum Gasteiger partial charge on any atom is -0.423 e. The van der Waals surface area contributed by atoms with E-state index >= 15 is 0 Å². The maximum absolute atomic E-state index is 12.7. The number of amides is 1. The molecule has 0 aliphatic carbocycles. The first-order valence-corrected chi connectivity index (χ1v) is 10.0. The number of para-hydroxylation sites is 2. The van der Waals surface area contributed by atoms with E-state index in [1.807, 2.05) is 29.2 Å². The summed E-state index contributed by atoms with van der Waals surface area (Å²) in [6, 6.07) is 13.2. The average molecular weight is 386 g/mol. The van der Waals surface area contributed by atoms with E-state index in [0.717, 1.165) is 11.9 Å². The molecule has 9 heteroatoms. The van der Waals surface area contributed by atoms with Crippen LogP contribution in [0.5, 0.6) is 0 Å². The highest BCUT2D eigenvalue weighted by atomic mass is 32.2. The third-order valence-corrected chi connectivity index (χ3v) is 5.46. The van der Waals surface area contributed by atoms with Crippen LogP contribution in [0.3, 0.4) is 0 Å². The van der Waals surface area contributed by atoms with Gasteiger partial charge in [0, 0.05) is 12.2 Å². The Morgan fingerprint density at radius 3 is 2.63 bits per heavy atom. The summed E-state index contributed by atoms with van der Waals surface area (Å²) in [7, 11) is -3.76. The van der Waals surface area contributed by atoms with Gasteiger partial charge in [-0.15, -0.1) is 0 Å². The van der Waals surface area contributed by atoms with Crippen molar-refractivity contribution in [2.75, 3.05) is 16.8 Å². The summed E-state index contributed by atoms with van der Waals surface area (Å²) in [6.07, 6.45) is 1.53. The first-order chi connectivity index (χ1) is 12.9. The fourth-order valence-electron chi connectivity index (χ4n) is 3.20. The SMILES string of the molecule is NS(=O)(=O)c1ccc(NC(=O)C2CCCN2c2nc3ccccc3o2)cc1. The molecule has 1 fully saturated rings. The highest BCUT2D eigenvalue weighted by molar-refractivity contribution is 7.89. The molecular formula is C18H18N4O4S. The Balaban J connectivity index is 1.52. The second kappa shape index (κ2) is 6.67. The molecule has 1 amide bonds. The van der Waals surface area contributed by atoms with Gasteiger partial charge in [-0.3, -0.25) is 4.79 Å². The van der Waals surface area contributed by atoms with E-state index in [0.29, 0.717) is 30.3 Å². The van der Waals surface area contributed by atoms with Gasteiger partial charge in [0.15, 0.2) is 5.58 Å². The zero-order valence-corrected chi connectivity index (χ0v) is 15.1. The Morgan fingerprint density at radius 1 is 1.19 bits per heavy atom. The van der Waals surface area contributed by atoms with Gasteiger partial charge in [-0.1, -0.05) is 12.1 Å². The van der Waals surface area contributed by atoms with Crippen molar-refractivity contribution in [1.82, 2.24) is 4.98 Å². The highest BCUT2D eigenvalue weighted by Crippen LogP contribution is 2.29. The van der Waals surface area contributed by atoms with Crippen molar-refractivity contribution in [2.45, 2.75) is 23.8 Å². The molecule has 1 unspecified atom stereocenters. The molecule has 1 saturated heterocycles. The molecule has 8 nitrogen and oxygen atoms in total. The minimum atomic E-state index is -3.76. The number of anilines is 2. The van der Waals surface area contributed by atoms with E-state index in [1.165, 1.54) is 24.3 Å². The normalized spacial score (nSPS) is 17.4. The van der Waals surface area contributed by atoms with Crippen LogP contribution >= 0.6 is 0 Å². The van der Waals surface area contributed by atoms with Crippen LogP contribution in [0.15, 0.2) is 57.8 Å². The second-order valence-electron chi connectivity index (χ2n) is 6.37. The number of nitrogens with two attached hydrogens (primary N) is 1. The fraction of sp³-hybridized carbons (Fsp3) is 0.222. The first-order valence-electron chi connectivity index (χ1n) is 8.48. The molecular weight excluding hydrogens is 368 g/mol. The van der Waals surface area contributed by atoms with Crippen molar-refractivity contribution in [3.8, 4) is 0 Å². The number of carbonyl (C=O) groups excluding carboxylic acids is 1. The molecule has 0 saturated carbocycles. The third-order valence-electron chi connectivity index (χ3n) is 4.53. The average Bonchev–Trinajstić information content (AvgIpc) is 3.28. The zero-order chi connectivity index (χ0) is 19.0. The van der Waals surface area contributed by atoms with E-state index in [9.17, 15) is 13.2 Å². The molecule has 4 rings (SSSR count). The molecule has 2 aromatic carbocycles. The molecule has 0 spiro atoms. The predicted octanol–water partition coefficient (Wildman–Crippen LogP) is 2.08. The molecule has 140 valence electrons. The lowest BCUT2D eigenvalue weighted by Crippen LogP contribution is -2.39. The Labute approximate surface area is 156 Å². The van der Waals surface area contributed by atoms with Crippen molar-refractivity contribution in [3.63, 3.8) is 0 Å². The summed E-state index contributed by atoms with van der Waals surface area (Å²) in [6.45, 7) is 0.676. The maximum Gasteiger partial charge on any atom is 0.299 e. The van der Waals surface area contributed by atoms with Gasteiger partial charge in [-0.05, 0) is 49.2 Å². The highest BCUT2D eigenvalue weighted by Gasteiger charge is 2.33. The van der Waals surface area contributed by atoms with Gasteiger partial charge in [0.2, 0.25) is 15.9 Å². The summed E-state index contributed by atoms with van der Waals surface area (Å²) in [4.78, 5) is 19.1. The van der Waals surface area contributed by atoms with Gasteiger partial charge in [-0.25, -0.2) is 13.6 Å². The van der Waals surface area contributed by atoms with E-state index in [-0.39, 0.29) is 10.8 Å². The number of carbonyl (C=O) groups is 1. The molecule has 3 N–H and O–H groups in total. The van der Waals surface area contributed by atoms with E-state index in [4.69, 9.17) is 9.56 Å². The molecule has 0 radical (unpaired) electrons. The zero-order valence-electron chi connectivity index (χ0n) is 14.3. The molecule has 27 heavy (non-hydrogen) atoms. The van der Waals surface area contributed by atoms with Gasteiger partial charge in [0.05, 0.1) is 4.90 Å². The number of hydrogen-bond donors (Lipinski definition) is 2. The number of nitrogens with zero attached hydrogens (tertiary/aromatic N) is 2. The number of aromatic nitrogens is 1. The summed E-state index contributed by atoms with van der Waals surface area (Å²) < 4.78 is 28.4. The minimum absolute atomic E-state index is 0.00512. The second-order valence-corrected chi connectivity index (χ2v) is 7.94. The molecule has 1 aliphatic rings. The van der Waals surface area contributed by atoms with Crippen LogP contribution in [-0.2, 0) is 14.8 Å². The number of rotatable bonds is 4. The van der Waals surface area contributed by atoms with Crippen molar-refractivity contribution in [2.24, 2.45) is 5.14 Å². The number of nitrogens with one attached hydrogen (secondary N) is 1. The number of benzene rings is 2. The summed E-state index contributed by atoms with van der Waals surface area (Å²) >= 11 is 0. The lowest BCUT2D eigenvalue weighted by molar-refractivity contribution is -0.117. The largest absolute Gasteiger partial charge is 0.423 e. The van der Waals surface area contributed by atoms with Crippen molar-refractivity contribution in [1.29, 1.82) is 0 Å². The first kappa shape index (κ1) is 17.5. The summed E-state index contributed by atoms with van der Waals surface area (Å²) in [5.41, 5.74) is 1.92. The third kappa shape index (κ3) is 3.51.